The number of carbonyl (C=O) groups is 2. The van der Waals surface area contributed by atoms with E-state index in [1.165, 1.54) is 83.1 Å². The maximum Gasteiger partial charge on any atom is 0.481 e. The van der Waals surface area contributed by atoms with Crippen molar-refractivity contribution in [3.63, 3.8) is 0 Å². The van der Waals surface area contributed by atoms with E-state index in [0.717, 1.165) is 68.0 Å². The minimum absolute atomic E-state index is 0.0792. The van der Waals surface area contributed by atoms with Gasteiger partial charge in [-0.15, -0.1) is 0 Å². The first-order valence-corrected chi connectivity index (χ1v) is 30.7. The van der Waals surface area contributed by atoms with Crippen LogP contribution in [0.5, 0.6) is 0 Å². The van der Waals surface area contributed by atoms with E-state index in [2.05, 4.69) is 30.1 Å². The van der Waals surface area contributed by atoms with Gasteiger partial charge in [0.05, 0.1) is 25.4 Å². The Kier molecular flexibility index (Phi) is 36.9. The number of unbranched alkanes of at least 4 members (excludes halogenated alkanes) is 17. The highest BCUT2D eigenvalue weighted by Crippen LogP contribution is 2.60. The summed E-state index contributed by atoms with van der Waals surface area (Å²) in [5.41, 5.74) is 4.57. The summed E-state index contributed by atoms with van der Waals surface area (Å²) in [6, 6.07) is 1.23. The molecule has 0 bridgehead atoms. The topological polar surface area (TPSA) is 306 Å². The van der Waals surface area contributed by atoms with Crippen LogP contribution in [0, 0.1) is 5.92 Å². The third-order valence-corrected chi connectivity index (χ3v) is 15.2. The van der Waals surface area contributed by atoms with Gasteiger partial charge >= 0.3 is 33.3 Å². The zero-order chi connectivity index (χ0) is 56.0. The minimum Gasteiger partial charge on any atom is -0.462 e. The normalized spacial score (nSPS) is 20.0. The summed E-state index contributed by atoms with van der Waals surface area (Å²) in [4.78, 5) is 62.1. The lowest BCUT2D eigenvalue weighted by Gasteiger charge is -2.21. The minimum atomic E-state index is -5.49. The van der Waals surface area contributed by atoms with E-state index in [9.17, 15) is 53.7 Å². The van der Waals surface area contributed by atoms with Crippen molar-refractivity contribution < 1.29 is 76.5 Å². The molecule has 2 heterocycles. The maximum absolute atomic E-state index is 12.9. The van der Waals surface area contributed by atoms with Gasteiger partial charge in [-0.3, -0.25) is 23.2 Å². The number of carbonyl (C=O) groups excluding carboxylic acids is 2. The molecule has 2 rings (SSSR count). The Balaban J connectivity index is 1.83. The van der Waals surface area contributed by atoms with Gasteiger partial charge in [0.15, 0.2) is 12.3 Å². The summed E-state index contributed by atoms with van der Waals surface area (Å²) in [5.74, 6) is -0.731. The van der Waals surface area contributed by atoms with Gasteiger partial charge < -0.3 is 50.2 Å². The first kappa shape index (κ1) is 68.7. The van der Waals surface area contributed by atoms with E-state index in [4.69, 9.17) is 29.0 Å². The molecule has 8 N–H and O–H groups in total. The zero-order valence-electron chi connectivity index (χ0n) is 45.4. The highest BCUT2D eigenvalue weighted by atomic mass is 31.3. The van der Waals surface area contributed by atoms with Crippen LogP contribution in [0.3, 0.4) is 0 Å². The number of phosphoric acid groups is 2. The van der Waals surface area contributed by atoms with Crippen molar-refractivity contribution >= 4 is 33.4 Å². The molecule has 1 aromatic heterocycles. The standard InChI is InChI=1S/C54H93N3O17P2/c1-4-5-25-32-44(58)33-27-22-18-16-19-23-28-34-45(59)35-30-37-50(61)72-46(40-69-49(60)36-29-24-20-15-13-11-9-7-6-8-10-12-14-17-21-26-31-43(2)3)41-70-75(65,66)74-76(67,68)71-42-47-51(62)52(63)53(73-47)57-39-38-48(55)56-54(57)64/h18-19,22-23,27-28,33-34,38-39,43-47,51-53,58-59,62-63H,4-17,20-21,24-26,29-32,35-37,40-42H2,1-3H3,(H,65,66)(H,67,68)(H2,55,56,64)/b22-18-,23-19-,33-27+,34-28+/t44-,45-,46-,47-,51-,52-,53-/m1/s1. The molecule has 1 aliphatic rings. The lowest BCUT2D eigenvalue weighted by molar-refractivity contribution is -0.161. The van der Waals surface area contributed by atoms with Gasteiger partial charge in [-0.25, -0.2) is 13.9 Å². The van der Waals surface area contributed by atoms with E-state index in [0.29, 0.717) is 12.8 Å². The molecule has 436 valence electrons. The molecule has 1 fully saturated rings. The molecule has 20 nitrogen and oxygen atoms in total. The first-order chi connectivity index (χ1) is 36.3. The van der Waals surface area contributed by atoms with Crippen LogP contribution in [-0.4, -0.2) is 108 Å². The number of aromatic nitrogens is 2. The Hall–Kier alpha value is -3.36. The van der Waals surface area contributed by atoms with Crippen LogP contribution < -0.4 is 11.4 Å². The van der Waals surface area contributed by atoms with E-state index < -0.39 is 95.9 Å². The molecule has 0 aliphatic carbocycles. The number of allylic oxidation sites excluding steroid dienone is 6. The molecule has 1 saturated heterocycles. The number of phosphoric ester groups is 2. The van der Waals surface area contributed by atoms with E-state index >= 15 is 0 Å². The molecule has 0 saturated carbocycles. The molecule has 2 unspecified atom stereocenters. The van der Waals surface area contributed by atoms with E-state index in [1.54, 1.807) is 24.3 Å². The molecule has 9 atom stereocenters. The number of ether oxygens (including phenoxy) is 3. The Morgan fingerprint density at radius 1 is 0.711 bits per heavy atom. The number of nitrogen functional groups attached to an aromatic ring is 1. The van der Waals surface area contributed by atoms with Gasteiger partial charge in [0.1, 0.15) is 30.7 Å². The molecule has 22 heteroatoms. The quantitative estimate of drug-likeness (QED) is 0.0138. The van der Waals surface area contributed by atoms with Gasteiger partial charge in [-0.05, 0) is 44.1 Å². The second kappa shape index (κ2) is 40.8. The number of nitrogens with zero attached hydrogens (tertiary/aromatic N) is 2. The van der Waals surface area contributed by atoms with E-state index in [1.807, 2.05) is 24.3 Å². The van der Waals surface area contributed by atoms with Crippen LogP contribution in [0.15, 0.2) is 65.7 Å². The fourth-order valence-corrected chi connectivity index (χ4v) is 10.3. The SMILES string of the molecule is CCCCC[C@@H](O)/C=C/C=C\C/C=C\C=C\[C@@H](O)CCCC(=O)O[C@H](COC(=O)CCCCCCCCCCCCCCCCCCC(C)C)COP(=O)(O)OP(=O)(O)OC[C@H]1O[C@@H](n2ccc(N)nc2=O)[C@H](O)[C@@H]1O. The van der Waals surface area contributed by atoms with Crippen LogP contribution in [0.4, 0.5) is 5.82 Å². The summed E-state index contributed by atoms with van der Waals surface area (Å²) >= 11 is 0. The van der Waals surface area contributed by atoms with Crippen molar-refractivity contribution in [2.75, 3.05) is 25.6 Å². The molecule has 76 heavy (non-hydrogen) atoms. The van der Waals surface area contributed by atoms with Crippen molar-refractivity contribution in [1.29, 1.82) is 0 Å². The molecular weight excluding hydrogens is 1020 g/mol. The summed E-state index contributed by atoms with van der Waals surface area (Å²) in [7, 11) is -11.0. The average molecular weight is 1120 g/mol. The fourth-order valence-electron chi connectivity index (χ4n) is 8.18. The van der Waals surface area contributed by atoms with Crippen molar-refractivity contribution in [2.45, 2.75) is 231 Å². The van der Waals surface area contributed by atoms with Crippen LogP contribution in [0.2, 0.25) is 0 Å². The number of rotatable bonds is 45. The number of aliphatic hydroxyl groups excluding tert-OH is 4. The van der Waals surface area contributed by atoms with Crippen molar-refractivity contribution in [2.24, 2.45) is 5.92 Å². The average Bonchev–Trinajstić information content (AvgIpc) is 3.64. The molecular formula is C54H93N3O17P2. The summed E-state index contributed by atoms with van der Waals surface area (Å²) in [6.07, 6.45) is 31.1. The van der Waals surface area contributed by atoms with Crippen molar-refractivity contribution in [1.82, 2.24) is 9.55 Å². The van der Waals surface area contributed by atoms with Crippen molar-refractivity contribution in [3.8, 4) is 0 Å². The summed E-state index contributed by atoms with van der Waals surface area (Å²) < 4.78 is 56.7. The highest BCUT2D eigenvalue weighted by molar-refractivity contribution is 7.61. The predicted molar refractivity (Wildman–Crippen MR) is 291 cm³/mol. The van der Waals surface area contributed by atoms with Crippen LogP contribution in [0.25, 0.3) is 0 Å². The van der Waals surface area contributed by atoms with Crippen molar-refractivity contribution in [3.05, 3.63) is 71.4 Å². The molecule has 0 aromatic carbocycles. The molecule has 1 aromatic rings. The number of anilines is 1. The number of nitrogens with two attached hydrogens (primary N) is 1. The maximum atomic E-state index is 12.9. The second-order valence-electron chi connectivity index (χ2n) is 20.0. The number of aliphatic hydroxyl groups is 4. The zero-order valence-corrected chi connectivity index (χ0v) is 47.2. The molecule has 0 amide bonds. The Morgan fingerprint density at radius 3 is 1.78 bits per heavy atom. The molecule has 0 spiro atoms. The number of esters is 2. The summed E-state index contributed by atoms with van der Waals surface area (Å²) in [6.45, 7) is 4.19. The van der Waals surface area contributed by atoms with Crippen LogP contribution >= 0.6 is 15.6 Å². The molecule has 0 radical (unpaired) electrons. The Bertz CT molecular complexity index is 2020. The molecule has 1 aliphatic heterocycles. The first-order valence-electron chi connectivity index (χ1n) is 27.7. The number of hydrogen-bond donors (Lipinski definition) is 7. The third kappa shape index (κ3) is 33.8. The Labute approximate surface area is 451 Å². The van der Waals surface area contributed by atoms with E-state index in [-0.39, 0.29) is 31.5 Å². The number of hydrogen-bond acceptors (Lipinski definition) is 17. The fraction of sp³-hybridized carbons (Fsp3) is 0.741. The van der Waals surface area contributed by atoms with Gasteiger partial charge in [0.2, 0.25) is 0 Å². The van der Waals surface area contributed by atoms with Crippen LogP contribution in [-0.2, 0) is 46.3 Å². The predicted octanol–water partition coefficient (Wildman–Crippen LogP) is 9.92. The lowest BCUT2D eigenvalue weighted by Crippen LogP contribution is -2.36. The van der Waals surface area contributed by atoms with Crippen LogP contribution in [0.1, 0.15) is 194 Å². The van der Waals surface area contributed by atoms with Gasteiger partial charge in [-0.2, -0.15) is 9.29 Å². The smallest absolute Gasteiger partial charge is 0.462 e. The van der Waals surface area contributed by atoms with Gasteiger partial charge in [-0.1, -0.05) is 191 Å². The monoisotopic (exact) mass is 1120 g/mol. The largest absolute Gasteiger partial charge is 0.481 e. The lowest BCUT2D eigenvalue weighted by atomic mass is 10.0. The third-order valence-electron chi connectivity index (χ3n) is 12.6. The second-order valence-corrected chi connectivity index (χ2v) is 23.0. The van der Waals surface area contributed by atoms with Gasteiger partial charge in [0, 0.05) is 19.0 Å². The Morgan fingerprint density at radius 2 is 1.22 bits per heavy atom. The van der Waals surface area contributed by atoms with Gasteiger partial charge in [0.25, 0.3) is 0 Å². The highest BCUT2D eigenvalue weighted by Gasteiger charge is 2.46. The summed E-state index contributed by atoms with van der Waals surface area (Å²) in [5, 5.41) is 41.3.